The molecule has 0 bridgehead atoms. The van der Waals surface area contributed by atoms with Gasteiger partial charge in [-0.1, -0.05) is 42.3 Å². The molecule has 0 radical (unpaired) electrons. The number of hydrogen-bond donors (Lipinski definition) is 1. The molecule has 0 heterocycles. The predicted octanol–water partition coefficient (Wildman–Crippen LogP) is 3.75. The van der Waals surface area contributed by atoms with Crippen LogP contribution >= 0.6 is 0 Å². The van der Waals surface area contributed by atoms with Crippen LogP contribution in [0.5, 0.6) is 0 Å². The molecule has 1 aliphatic carbocycles. The van der Waals surface area contributed by atoms with E-state index in [1.54, 1.807) is 36.4 Å². The van der Waals surface area contributed by atoms with Gasteiger partial charge in [-0.3, -0.25) is 0 Å². The van der Waals surface area contributed by atoms with Gasteiger partial charge in [-0.15, -0.1) is 0 Å². The van der Waals surface area contributed by atoms with E-state index in [4.69, 9.17) is 4.74 Å². The highest BCUT2D eigenvalue weighted by atomic mass is 32.2. The molecule has 2 aromatic carbocycles. The van der Waals surface area contributed by atoms with Gasteiger partial charge in [-0.2, -0.15) is 0 Å². The molecule has 0 unspecified atom stereocenters. The summed E-state index contributed by atoms with van der Waals surface area (Å²) in [6.45, 7) is 3.76. The van der Waals surface area contributed by atoms with Crippen molar-refractivity contribution in [2.45, 2.75) is 56.6 Å². The minimum absolute atomic E-state index is 0.225. The van der Waals surface area contributed by atoms with Gasteiger partial charge in [-0.05, 0) is 56.9 Å². The molecule has 5 nitrogen and oxygen atoms in total. The number of nitrogens with one attached hydrogen (secondary N) is 1. The molecule has 2 atom stereocenters. The maximum atomic E-state index is 12.7. The summed E-state index contributed by atoms with van der Waals surface area (Å²) in [5, 5.41) is 0. The number of carbonyl (C=O) groups excluding carboxylic acids is 1. The second-order valence-electron chi connectivity index (χ2n) is 7.08. The van der Waals surface area contributed by atoms with E-state index in [1.165, 1.54) is 0 Å². The highest BCUT2D eigenvalue weighted by Crippen LogP contribution is 2.25. The van der Waals surface area contributed by atoms with Crippen molar-refractivity contribution < 1.29 is 17.9 Å². The van der Waals surface area contributed by atoms with Crippen LogP contribution in [-0.4, -0.2) is 26.5 Å². The quantitative estimate of drug-likeness (QED) is 0.793. The summed E-state index contributed by atoms with van der Waals surface area (Å²) in [6, 6.07) is 13.5. The van der Waals surface area contributed by atoms with E-state index >= 15 is 0 Å². The maximum absolute atomic E-state index is 12.7. The van der Waals surface area contributed by atoms with E-state index in [9.17, 15) is 13.2 Å². The van der Waals surface area contributed by atoms with E-state index < -0.39 is 28.1 Å². The minimum atomic E-state index is -3.66. The van der Waals surface area contributed by atoms with Crippen molar-refractivity contribution in [3.05, 3.63) is 65.2 Å². The number of ether oxygens (including phenoxy) is 1. The van der Waals surface area contributed by atoms with Crippen LogP contribution in [0.4, 0.5) is 0 Å². The molecule has 1 N–H and O–H groups in total. The molecule has 6 heteroatoms. The molecule has 144 valence electrons. The molecule has 1 saturated carbocycles. The maximum Gasteiger partial charge on any atom is 0.338 e. The zero-order valence-electron chi connectivity index (χ0n) is 15.6. The molecule has 0 aromatic heterocycles. The van der Waals surface area contributed by atoms with Crippen LogP contribution in [0.3, 0.4) is 0 Å². The largest absolute Gasteiger partial charge is 0.457 e. The summed E-state index contributed by atoms with van der Waals surface area (Å²) in [6.07, 6.45) is 2.65. The van der Waals surface area contributed by atoms with Crippen molar-refractivity contribution in [3.63, 3.8) is 0 Å². The first kappa shape index (κ1) is 19.6. The first-order chi connectivity index (χ1) is 12.9. The van der Waals surface area contributed by atoms with E-state index in [-0.39, 0.29) is 4.90 Å². The average molecular weight is 388 g/mol. The Hall–Kier alpha value is -2.18. The number of sulfonamides is 1. The van der Waals surface area contributed by atoms with E-state index in [0.29, 0.717) is 18.4 Å². The fraction of sp³-hybridized carbons (Fsp3) is 0.381. The third kappa shape index (κ3) is 4.76. The van der Waals surface area contributed by atoms with Gasteiger partial charge in [0, 0.05) is 0 Å². The highest BCUT2D eigenvalue weighted by Gasteiger charge is 2.32. The summed E-state index contributed by atoms with van der Waals surface area (Å²) in [5.74, 6) is -0.403. The lowest BCUT2D eigenvalue weighted by atomic mass is 9.93. The lowest BCUT2D eigenvalue weighted by Gasteiger charge is -2.31. The van der Waals surface area contributed by atoms with Gasteiger partial charge < -0.3 is 4.74 Å². The van der Waals surface area contributed by atoms with Crippen LogP contribution in [0.25, 0.3) is 0 Å². The smallest absolute Gasteiger partial charge is 0.338 e. The lowest BCUT2D eigenvalue weighted by Crippen LogP contribution is -2.47. The van der Waals surface area contributed by atoms with Gasteiger partial charge in [0.25, 0.3) is 0 Å². The number of rotatable bonds is 5. The highest BCUT2D eigenvalue weighted by molar-refractivity contribution is 7.89. The Kier molecular flexibility index (Phi) is 5.97. The van der Waals surface area contributed by atoms with Crippen LogP contribution in [0.1, 0.15) is 47.2 Å². The number of hydrogen-bond acceptors (Lipinski definition) is 4. The van der Waals surface area contributed by atoms with Crippen LogP contribution < -0.4 is 4.72 Å². The Morgan fingerprint density at radius 1 is 1.00 bits per heavy atom. The molecular weight excluding hydrogens is 362 g/mol. The standard InChI is InChI=1S/C21H25NO4S/c1-15-11-13-17(14-12-15)27(24,25)22-19-9-5-6-10-20(19)26-21(23)18-8-4-3-7-16(18)2/h3-4,7-8,11-14,19-20,22H,5-6,9-10H2,1-2H3/t19-,20-/m1/s1. The molecule has 2 aromatic rings. The number of carbonyl (C=O) groups is 1. The minimum Gasteiger partial charge on any atom is -0.457 e. The second kappa shape index (κ2) is 8.23. The normalized spacial score (nSPS) is 20.2. The predicted molar refractivity (Wildman–Crippen MR) is 104 cm³/mol. The van der Waals surface area contributed by atoms with E-state index in [0.717, 1.165) is 24.0 Å². The van der Waals surface area contributed by atoms with Gasteiger partial charge in [0.2, 0.25) is 10.0 Å². The van der Waals surface area contributed by atoms with Gasteiger partial charge >= 0.3 is 5.97 Å². The van der Waals surface area contributed by atoms with Crippen LogP contribution in [0.2, 0.25) is 0 Å². The van der Waals surface area contributed by atoms with E-state index in [1.807, 2.05) is 26.0 Å². The average Bonchev–Trinajstić information content (AvgIpc) is 2.64. The molecule has 27 heavy (non-hydrogen) atoms. The topological polar surface area (TPSA) is 72.5 Å². The Morgan fingerprint density at radius 3 is 2.37 bits per heavy atom. The first-order valence-corrected chi connectivity index (χ1v) is 10.7. The third-order valence-corrected chi connectivity index (χ3v) is 6.47. The van der Waals surface area contributed by atoms with Gasteiger partial charge in [0.05, 0.1) is 16.5 Å². The summed E-state index contributed by atoms with van der Waals surface area (Å²) < 4.78 is 33.9. The fourth-order valence-corrected chi connectivity index (χ4v) is 4.66. The molecule has 1 fully saturated rings. The molecule has 0 spiro atoms. The Labute approximate surface area is 160 Å². The van der Waals surface area contributed by atoms with Gasteiger partial charge in [0.15, 0.2) is 0 Å². The monoisotopic (exact) mass is 387 g/mol. The summed E-state index contributed by atoms with van der Waals surface area (Å²) in [5.41, 5.74) is 2.36. The lowest BCUT2D eigenvalue weighted by molar-refractivity contribution is 0.0130. The summed E-state index contributed by atoms with van der Waals surface area (Å²) >= 11 is 0. The van der Waals surface area contributed by atoms with Gasteiger partial charge in [-0.25, -0.2) is 17.9 Å². The van der Waals surface area contributed by atoms with Gasteiger partial charge in [0.1, 0.15) is 6.10 Å². The van der Waals surface area contributed by atoms with Crippen molar-refractivity contribution in [2.24, 2.45) is 0 Å². The van der Waals surface area contributed by atoms with Crippen LogP contribution in [-0.2, 0) is 14.8 Å². The number of benzene rings is 2. The van der Waals surface area contributed by atoms with Crippen molar-refractivity contribution in [2.75, 3.05) is 0 Å². The number of esters is 1. The summed E-state index contributed by atoms with van der Waals surface area (Å²) in [4.78, 5) is 12.8. The van der Waals surface area contributed by atoms with Crippen molar-refractivity contribution >= 4 is 16.0 Å². The molecule has 3 rings (SSSR count). The Balaban J connectivity index is 1.74. The molecule has 0 aliphatic heterocycles. The zero-order chi connectivity index (χ0) is 19.4. The molecule has 0 amide bonds. The SMILES string of the molecule is Cc1ccc(S(=O)(=O)N[C@@H]2CCCC[C@H]2OC(=O)c2ccccc2C)cc1. The van der Waals surface area contributed by atoms with Crippen molar-refractivity contribution in [1.82, 2.24) is 4.72 Å². The second-order valence-corrected chi connectivity index (χ2v) is 8.80. The number of aryl methyl sites for hydroxylation is 2. The fourth-order valence-electron chi connectivity index (χ4n) is 3.36. The third-order valence-electron chi connectivity index (χ3n) is 4.96. The molecule has 1 aliphatic rings. The van der Waals surface area contributed by atoms with Crippen molar-refractivity contribution in [3.8, 4) is 0 Å². The van der Waals surface area contributed by atoms with E-state index in [2.05, 4.69) is 4.72 Å². The molecular formula is C21H25NO4S. The Morgan fingerprint density at radius 2 is 1.67 bits per heavy atom. The van der Waals surface area contributed by atoms with Crippen LogP contribution in [0, 0.1) is 13.8 Å². The molecule has 0 saturated heterocycles. The summed E-state index contributed by atoms with van der Waals surface area (Å²) in [7, 11) is -3.66. The van der Waals surface area contributed by atoms with Crippen molar-refractivity contribution in [1.29, 1.82) is 0 Å². The van der Waals surface area contributed by atoms with Crippen LogP contribution in [0.15, 0.2) is 53.4 Å². The first-order valence-electron chi connectivity index (χ1n) is 9.22. The zero-order valence-corrected chi connectivity index (χ0v) is 16.5. The Bertz CT molecular complexity index is 906.